The highest BCUT2D eigenvalue weighted by Crippen LogP contribution is 2.52. The number of nitrogens with one attached hydrogen (secondary N) is 2. The highest BCUT2D eigenvalue weighted by atomic mass is 32.2. The number of nitrogens with zero attached hydrogens (tertiary/aromatic N) is 2. The molecule has 0 radical (unpaired) electrons. The lowest BCUT2D eigenvalue weighted by Gasteiger charge is -2.17. The van der Waals surface area contributed by atoms with Crippen LogP contribution in [0.1, 0.15) is 18.4 Å². The Morgan fingerprint density at radius 1 is 1.21 bits per heavy atom. The maximum atomic E-state index is 13.3. The molecule has 11 heteroatoms. The third kappa shape index (κ3) is 5.38. The van der Waals surface area contributed by atoms with E-state index >= 15 is 0 Å². The van der Waals surface area contributed by atoms with Gasteiger partial charge in [0, 0.05) is 29.7 Å². The summed E-state index contributed by atoms with van der Waals surface area (Å²) in [5.74, 6) is 0.0845. The SMILES string of the molecule is C=C(N)/C=C(\N=C(N)c1ccc(NC(=O)NCCO)cc1)C1(S(=O)(=O)c2ccccn2)CC1. The predicted octanol–water partition coefficient (Wildman–Crippen LogP) is 1.26. The van der Waals surface area contributed by atoms with E-state index in [1.54, 1.807) is 36.4 Å². The van der Waals surface area contributed by atoms with E-state index in [1.807, 2.05) is 0 Å². The molecule has 1 aromatic heterocycles. The van der Waals surface area contributed by atoms with Crippen LogP contribution in [-0.2, 0) is 9.84 Å². The normalized spacial score (nSPS) is 15.5. The van der Waals surface area contributed by atoms with Crippen LogP contribution < -0.4 is 22.1 Å². The van der Waals surface area contributed by atoms with Crippen molar-refractivity contribution in [3.8, 4) is 0 Å². The molecule has 0 spiro atoms. The van der Waals surface area contributed by atoms with Gasteiger partial charge in [-0.15, -0.1) is 0 Å². The van der Waals surface area contributed by atoms with Gasteiger partial charge in [-0.1, -0.05) is 12.6 Å². The zero-order chi connectivity index (χ0) is 24.1. The molecule has 1 aromatic carbocycles. The van der Waals surface area contributed by atoms with E-state index in [0.717, 1.165) is 0 Å². The largest absolute Gasteiger partial charge is 0.399 e. The Balaban J connectivity index is 1.88. The van der Waals surface area contributed by atoms with Crippen LogP contribution in [-0.4, -0.2) is 48.3 Å². The maximum Gasteiger partial charge on any atom is 0.319 e. The van der Waals surface area contributed by atoms with Gasteiger partial charge < -0.3 is 27.2 Å². The first-order chi connectivity index (χ1) is 15.7. The number of hydrogen-bond donors (Lipinski definition) is 5. The number of aliphatic hydroxyl groups is 1. The molecular weight excluding hydrogens is 444 g/mol. The number of nitrogens with two attached hydrogens (primary N) is 2. The first kappa shape index (κ1) is 24.0. The lowest BCUT2D eigenvalue weighted by molar-refractivity contribution is 0.245. The summed E-state index contributed by atoms with van der Waals surface area (Å²) >= 11 is 0. The summed E-state index contributed by atoms with van der Waals surface area (Å²) in [5.41, 5.74) is 13.3. The average Bonchev–Trinajstić information content (AvgIpc) is 3.61. The molecular formula is C22H26N6O4S. The van der Waals surface area contributed by atoms with E-state index in [1.165, 1.54) is 18.3 Å². The number of sulfone groups is 1. The molecule has 7 N–H and O–H groups in total. The fraction of sp³-hybridized carbons (Fsp3) is 0.227. The number of aromatic nitrogens is 1. The Morgan fingerprint density at radius 3 is 2.45 bits per heavy atom. The van der Waals surface area contributed by atoms with Crippen LogP contribution in [0.15, 0.2) is 82.7 Å². The van der Waals surface area contributed by atoms with Gasteiger partial charge in [0.05, 0.1) is 12.3 Å². The van der Waals surface area contributed by atoms with Crippen molar-refractivity contribution >= 4 is 27.4 Å². The van der Waals surface area contributed by atoms with E-state index in [9.17, 15) is 13.2 Å². The molecule has 0 aliphatic heterocycles. The van der Waals surface area contributed by atoms with Crippen LogP contribution in [0.5, 0.6) is 0 Å². The number of amidine groups is 1. The fourth-order valence-electron chi connectivity index (χ4n) is 3.19. The molecule has 0 saturated heterocycles. The molecule has 1 aliphatic rings. The number of anilines is 1. The van der Waals surface area contributed by atoms with Crippen LogP contribution in [0.4, 0.5) is 10.5 Å². The van der Waals surface area contributed by atoms with Crippen molar-refractivity contribution in [1.29, 1.82) is 0 Å². The van der Waals surface area contributed by atoms with Crippen molar-refractivity contribution in [2.45, 2.75) is 22.6 Å². The van der Waals surface area contributed by atoms with Gasteiger partial charge in [0.25, 0.3) is 0 Å². The van der Waals surface area contributed by atoms with Crippen molar-refractivity contribution in [3.63, 3.8) is 0 Å². The number of aliphatic hydroxyl groups excluding tert-OH is 1. The molecule has 0 bridgehead atoms. The second-order valence-corrected chi connectivity index (χ2v) is 9.66. The summed E-state index contributed by atoms with van der Waals surface area (Å²) in [7, 11) is -3.84. The molecule has 3 rings (SSSR count). The second kappa shape index (κ2) is 9.84. The van der Waals surface area contributed by atoms with Gasteiger partial charge in [-0.2, -0.15) is 0 Å². The lowest BCUT2D eigenvalue weighted by Crippen LogP contribution is -2.31. The third-order valence-electron chi connectivity index (χ3n) is 5.00. The van der Waals surface area contributed by atoms with E-state index < -0.39 is 20.6 Å². The van der Waals surface area contributed by atoms with Gasteiger partial charge in [0.2, 0.25) is 9.84 Å². The number of benzene rings is 1. The quantitative estimate of drug-likeness (QED) is 0.208. The summed E-state index contributed by atoms with van der Waals surface area (Å²) in [5, 5.41) is 13.8. The predicted molar refractivity (Wildman–Crippen MR) is 126 cm³/mol. The van der Waals surface area contributed by atoms with Crippen LogP contribution in [0, 0.1) is 0 Å². The van der Waals surface area contributed by atoms with Crippen LogP contribution in [0.2, 0.25) is 0 Å². The molecule has 2 aromatic rings. The number of allylic oxidation sites excluding steroid dienone is 1. The van der Waals surface area contributed by atoms with E-state index in [0.29, 0.717) is 24.1 Å². The highest BCUT2D eigenvalue weighted by molar-refractivity contribution is 7.93. The number of pyridine rings is 1. The molecule has 0 unspecified atom stereocenters. The first-order valence-electron chi connectivity index (χ1n) is 10.1. The van der Waals surface area contributed by atoms with Gasteiger partial charge >= 0.3 is 6.03 Å². The van der Waals surface area contributed by atoms with Gasteiger partial charge in [-0.05, 0) is 55.3 Å². The zero-order valence-corrected chi connectivity index (χ0v) is 18.7. The summed E-state index contributed by atoms with van der Waals surface area (Å²) in [4.78, 5) is 20.1. The Hall–Kier alpha value is -3.70. The Bertz CT molecular complexity index is 1190. The summed E-state index contributed by atoms with van der Waals surface area (Å²) < 4.78 is 25.4. The fourth-order valence-corrected chi connectivity index (χ4v) is 5.06. The van der Waals surface area contributed by atoms with Crippen LogP contribution in [0.3, 0.4) is 0 Å². The van der Waals surface area contributed by atoms with Gasteiger partial charge in [-0.3, -0.25) is 0 Å². The Kier molecular flexibility index (Phi) is 7.14. The van der Waals surface area contributed by atoms with Crippen molar-refractivity contribution in [1.82, 2.24) is 10.3 Å². The van der Waals surface area contributed by atoms with Gasteiger partial charge in [0.15, 0.2) is 5.03 Å². The van der Waals surface area contributed by atoms with Crippen molar-refractivity contribution < 1.29 is 18.3 Å². The van der Waals surface area contributed by atoms with E-state index in [2.05, 4.69) is 27.2 Å². The third-order valence-corrected chi connectivity index (χ3v) is 7.44. The first-order valence-corrected chi connectivity index (χ1v) is 11.6. The minimum atomic E-state index is -3.84. The maximum absolute atomic E-state index is 13.3. The molecule has 2 amide bonds. The minimum Gasteiger partial charge on any atom is -0.399 e. The number of amides is 2. The number of hydrogen-bond acceptors (Lipinski definition) is 7. The number of carbonyl (C=O) groups is 1. The number of carbonyl (C=O) groups excluding carboxylic acids is 1. The molecule has 1 aliphatic carbocycles. The smallest absolute Gasteiger partial charge is 0.319 e. The zero-order valence-electron chi connectivity index (χ0n) is 17.9. The highest BCUT2D eigenvalue weighted by Gasteiger charge is 2.58. The number of aliphatic imine (C=N–C) groups is 1. The topological polar surface area (TPSA) is 173 Å². The van der Waals surface area contributed by atoms with Crippen LogP contribution in [0.25, 0.3) is 0 Å². The van der Waals surface area contributed by atoms with Crippen LogP contribution >= 0.6 is 0 Å². The average molecular weight is 471 g/mol. The molecule has 1 heterocycles. The summed E-state index contributed by atoms with van der Waals surface area (Å²) in [6.07, 6.45) is 3.55. The van der Waals surface area contributed by atoms with Gasteiger partial charge in [-0.25, -0.2) is 23.2 Å². The molecule has 10 nitrogen and oxygen atoms in total. The molecule has 1 fully saturated rings. The van der Waals surface area contributed by atoms with E-state index in [4.69, 9.17) is 16.6 Å². The molecule has 33 heavy (non-hydrogen) atoms. The molecule has 0 atom stereocenters. The minimum absolute atomic E-state index is 0.0419. The van der Waals surface area contributed by atoms with Crippen molar-refractivity contribution in [2.75, 3.05) is 18.5 Å². The lowest BCUT2D eigenvalue weighted by atomic mass is 10.2. The Morgan fingerprint density at radius 2 is 1.91 bits per heavy atom. The molecule has 1 saturated carbocycles. The van der Waals surface area contributed by atoms with Gasteiger partial charge in [0.1, 0.15) is 10.6 Å². The second-order valence-electron chi connectivity index (χ2n) is 7.45. The monoisotopic (exact) mass is 470 g/mol. The van der Waals surface area contributed by atoms with Crippen molar-refractivity contribution in [3.05, 3.63) is 78.3 Å². The number of urea groups is 1. The standard InChI is InChI=1S/C22H26N6O4S/c1-15(23)14-18(22(9-10-22)33(31,32)19-4-2-3-11-25-19)28-20(24)16-5-7-17(8-6-16)27-21(30)26-12-13-29/h2-8,11,14,29H,1,9-10,12-13,23H2,(H2,24,28)(H2,26,27,30)/b18-14-. The number of rotatable bonds is 9. The van der Waals surface area contributed by atoms with E-state index in [-0.39, 0.29) is 35.4 Å². The summed E-state index contributed by atoms with van der Waals surface area (Å²) in [6.45, 7) is 3.62. The molecule has 174 valence electrons. The van der Waals surface area contributed by atoms with Crippen molar-refractivity contribution in [2.24, 2.45) is 16.5 Å². The summed E-state index contributed by atoms with van der Waals surface area (Å²) in [6, 6.07) is 10.8. The Labute approximate surface area is 192 Å².